The Morgan fingerprint density at radius 1 is 1.44 bits per heavy atom. The average molecular weight is 230 g/mol. The van der Waals surface area contributed by atoms with Crippen LogP contribution in [0.3, 0.4) is 0 Å². The third kappa shape index (κ3) is 4.01. The Labute approximate surface area is 99.1 Å². The van der Waals surface area contributed by atoms with Crippen LogP contribution in [0.5, 0.6) is 0 Å². The molecule has 0 aliphatic carbocycles. The molecule has 1 rings (SSSR count). The van der Waals surface area contributed by atoms with Crippen molar-refractivity contribution in [3.05, 3.63) is 0 Å². The molecule has 0 aromatic carbocycles. The van der Waals surface area contributed by atoms with Crippen molar-refractivity contribution in [3.63, 3.8) is 0 Å². The lowest BCUT2D eigenvalue weighted by Crippen LogP contribution is -2.49. The molecular weight excluding hydrogens is 204 g/mol. The van der Waals surface area contributed by atoms with Crippen LogP contribution < -0.4 is 10.6 Å². The summed E-state index contributed by atoms with van der Waals surface area (Å²) in [6.45, 7) is 5.93. The minimum Gasteiger partial charge on any atom is -0.382 e. The summed E-state index contributed by atoms with van der Waals surface area (Å²) in [5, 5.41) is 7.10. The Kier molecular flexibility index (Phi) is 6.28. The third-order valence-corrected chi connectivity index (χ3v) is 3.53. The van der Waals surface area contributed by atoms with Crippen LogP contribution in [0.1, 0.15) is 26.2 Å². The maximum absolute atomic E-state index is 5.31. The van der Waals surface area contributed by atoms with Crippen molar-refractivity contribution in [2.24, 2.45) is 0 Å². The van der Waals surface area contributed by atoms with Crippen molar-refractivity contribution in [2.45, 2.75) is 37.8 Å². The van der Waals surface area contributed by atoms with E-state index in [9.17, 15) is 0 Å². The number of methoxy groups -OCH3 is 2. The molecule has 96 valence electrons. The zero-order chi connectivity index (χ0) is 11.9. The third-order valence-electron chi connectivity index (χ3n) is 3.53. The molecule has 0 aromatic heterocycles. The van der Waals surface area contributed by atoms with E-state index in [1.807, 2.05) is 0 Å². The van der Waals surface area contributed by atoms with E-state index in [4.69, 9.17) is 9.47 Å². The molecule has 0 radical (unpaired) electrons. The van der Waals surface area contributed by atoms with Gasteiger partial charge in [-0.1, -0.05) is 6.92 Å². The monoisotopic (exact) mass is 230 g/mol. The van der Waals surface area contributed by atoms with Gasteiger partial charge in [-0.2, -0.15) is 0 Å². The first-order chi connectivity index (χ1) is 7.76. The minimum atomic E-state index is 0.153. The van der Waals surface area contributed by atoms with Gasteiger partial charge in [0.15, 0.2) is 0 Å². The molecule has 2 unspecified atom stereocenters. The predicted molar refractivity (Wildman–Crippen MR) is 65.8 cm³/mol. The van der Waals surface area contributed by atoms with Crippen LogP contribution in [0, 0.1) is 0 Å². The fourth-order valence-electron chi connectivity index (χ4n) is 2.32. The van der Waals surface area contributed by atoms with E-state index in [0.29, 0.717) is 12.1 Å². The van der Waals surface area contributed by atoms with Gasteiger partial charge in [0, 0.05) is 32.8 Å². The van der Waals surface area contributed by atoms with Crippen LogP contribution in [0.4, 0.5) is 0 Å². The Morgan fingerprint density at radius 3 is 2.75 bits per heavy atom. The van der Waals surface area contributed by atoms with E-state index in [0.717, 1.165) is 19.6 Å². The molecule has 0 aromatic rings. The fraction of sp³-hybridized carbons (Fsp3) is 1.00. The largest absolute Gasteiger partial charge is 0.382 e. The van der Waals surface area contributed by atoms with Crippen molar-refractivity contribution >= 4 is 0 Å². The molecule has 1 saturated heterocycles. The second kappa shape index (κ2) is 7.22. The molecule has 1 heterocycles. The molecule has 0 spiro atoms. The predicted octanol–water partition coefficient (Wildman–Crippen LogP) is 0.770. The Hall–Kier alpha value is -0.160. The molecule has 4 heteroatoms. The number of nitrogens with one attached hydrogen (secondary N) is 2. The van der Waals surface area contributed by atoms with E-state index in [2.05, 4.69) is 17.6 Å². The first kappa shape index (κ1) is 13.9. The van der Waals surface area contributed by atoms with Crippen molar-refractivity contribution in [3.8, 4) is 0 Å². The van der Waals surface area contributed by atoms with Gasteiger partial charge < -0.3 is 20.1 Å². The summed E-state index contributed by atoms with van der Waals surface area (Å²) in [5.41, 5.74) is 0.311. The normalized spacial score (nSPS) is 27.2. The van der Waals surface area contributed by atoms with E-state index < -0.39 is 0 Å². The van der Waals surface area contributed by atoms with Gasteiger partial charge in [-0.15, -0.1) is 0 Å². The molecular formula is C12H26N2O2. The molecule has 1 aliphatic rings. The zero-order valence-electron chi connectivity index (χ0n) is 10.8. The Bertz CT molecular complexity index is 182. The Balaban J connectivity index is 2.22. The summed E-state index contributed by atoms with van der Waals surface area (Å²) in [6.07, 6.45) is 3.90. The first-order valence-electron chi connectivity index (χ1n) is 6.24. The average Bonchev–Trinajstić information content (AvgIpc) is 2.77. The minimum absolute atomic E-state index is 0.153. The van der Waals surface area contributed by atoms with Gasteiger partial charge in [0.2, 0.25) is 0 Å². The van der Waals surface area contributed by atoms with E-state index >= 15 is 0 Å². The summed E-state index contributed by atoms with van der Waals surface area (Å²) in [4.78, 5) is 0. The van der Waals surface area contributed by atoms with Crippen LogP contribution in [0.2, 0.25) is 0 Å². The summed E-state index contributed by atoms with van der Waals surface area (Å²) < 4.78 is 10.4. The van der Waals surface area contributed by atoms with Crippen LogP contribution >= 0.6 is 0 Å². The molecule has 4 nitrogen and oxygen atoms in total. The quantitative estimate of drug-likeness (QED) is 0.646. The molecule has 0 saturated carbocycles. The first-order valence-corrected chi connectivity index (χ1v) is 6.24. The van der Waals surface area contributed by atoms with Crippen molar-refractivity contribution in [1.82, 2.24) is 10.6 Å². The molecule has 2 N–H and O–H groups in total. The highest BCUT2D eigenvalue weighted by molar-refractivity contribution is 4.93. The molecule has 2 atom stereocenters. The number of ether oxygens (including phenoxy) is 2. The standard InChI is InChI=1S/C12H26N2O2/c1-4-12(6-5-7-14-12)10-13-8-11(16-3)9-15-2/h11,13-14H,4-10H2,1-3H3. The zero-order valence-corrected chi connectivity index (χ0v) is 10.8. The molecule has 1 fully saturated rings. The lowest BCUT2D eigenvalue weighted by molar-refractivity contribution is 0.0280. The molecule has 0 bridgehead atoms. The van der Waals surface area contributed by atoms with Gasteiger partial charge >= 0.3 is 0 Å². The van der Waals surface area contributed by atoms with Crippen molar-refractivity contribution in [2.75, 3.05) is 40.5 Å². The highest BCUT2D eigenvalue weighted by Crippen LogP contribution is 2.21. The lowest BCUT2D eigenvalue weighted by atomic mass is 9.94. The maximum Gasteiger partial charge on any atom is 0.0928 e. The number of hydrogen-bond donors (Lipinski definition) is 2. The SMILES string of the molecule is CCC1(CNCC(COC)OC)CCCN1. The fourth-order valence-corrected chi connectivity index (χ4v) is 2.32. The Morgan fingerprint density at radius 2 is 2.25 bits per heavy atom. The van der Waals surface area contributed by atoms with Crippen LogP contribution in [-0.4, -0.2) is 52.1 Å². The second-order valence-corrected chi connectivity index (χ2v) is 4.61. The number of rotatable bonds is 8. The van der Waals surface area contributed by atoms with Gasteiger partial charge in [-0.05, 0) is 25.8 Å². The van der Waals surface area contributed by atoms with E-state index in [1.54, 1.807) is 14.2 Å². The van der Waals surface area contributed by atoms with Crippen LogP contribution in [0.25, 0.3) is 0 Å². The lowest BCUT2D eigenvalue weighted by Gasteiger charge is -2.29. The highest BCUT2D eigenvalue weighted by atomic mass is 16.5. The topological polar surface area (TPSA) is 42.5 Å². The summed E-state index contributed by atoms with van der Waals surface area (Å²) in [6, 6.07) is 0. The molecule has 1 aliphatic heterocycles. The van der Waals surface area contributed by atoms with Crippen molar-refractivity contribution < 1.29 is 9.47 Å². The van der Waals surface area contributed by atoms with Gasteiger partial charge in [-0.25, -0.2) is 0 Å². The van der Waals surface area contributed by atoms with Gasteiger partial charge in [0.1, 0.15) is 0 Å². The maximum atomic E-state index is 5.31. The molecule has 0 amide bonds. The highest BCUT2D eigenvalue weighted by Gasteiger charge is 2.30. The van der Waals surface area contributed by atoms with E-state index in [1.165, 1.54) is 19.3 Å². The van der Waals surface area contributed by atoms with Gasteiger partial charge in [0.25, 0.3) is 0 Å². The van der Waals surface area contributed by atoms with Crippen LogP contribution in [-0.2, 0) is 9.47 Å². The molecule has 16 heavy (non-hydrogen) atoms. The summed E-state index contributed by atoms with van der Waals surface area (Å²) >= 11 is 0. The van der Waals surface area contributed by atoms with E-state index in [-0.39, 0.29) is 6.10 Å². The van der Waals surface area contributed by atoms with Crippen molar-refractivity contribution in [1.29, 1.82) is 0 Å². The van der Waals surface area contributed by atoms with Gasteiger partial charge in [0.05, 0.1) is 12.7 Å². The summed E-state index contributed by atoms with van der Waals surface area (Å²) in [5.74, 6) is 0. The second-order valence-electron chi connectivity index (χ2n) is 4.61. The smallest absolute Gasteiger partial charge is 0.0928 e. The number of hydrogen-bond acceptors (Lipinski definition) is 4. The summed E-state index contributed by atoms with van der Waals surface area (Å²) in [7, 11) is 3.44. The van der Waals surface area contributed by atoms with Gasteiger partial charge in [-0.3, -0.25) is 0 Å². The van der Waals surface area contributed by atoms with Crippen LogP contribution in [0.15, 0.2) is 0 Å².